The summed E-state index contributed by atoms with van der Waals surface area (Å²) in [6, 6.07) is 0. The van der Waals surface area contributed by atoms with Gasteiger partial charge in [-0.1, -0.05) is 0 Å². The Hall–Kier alpha value is -0.650. The third-order valence-electron chi connectivity index (χ3n) is 1.87. The van der Waals surface area contributed by atoms with Gasteiger partial charge in [0.2, 0.25) is 0 Å². The van der Waals surface area contributed by atoms with Crippen molar-refractivity contribution >= 4 is 5.97 Å². The summed E-state index contributed by atoms with van der Waals surface area (Å²) >= 11 is 0. The molecule has 13 heavy (non-hydrogen) atoms. The van der Waals surface area contributed by atoms with Gasteiger partial charge in [0.05, 0.1) is 19.3 Å². The highest BCUT2D eigenvalue weighted by Gasteiger charge is 2.17. The number of morpholine rings is 1. The third-order valence-corrected chi connectivity index (χ3v) is 1.87. The Labute approximate surface area is 77.2 Å². The number of aliphatic carboxylic acids is 1. The van der Waals surface area contributed by atoms with Gasteiger partial charge in [0.15, 0.2) is 0 Å². The molecule has 1 unspecified atom stereocenters. The van der Waals surface area contributed by atoms with Crippen LogP contribution in [0.5, 0.6) is 0 Å². The predicted molar refractivity (Wildman–Crippen MR) is 45.7 cm³/mol. The average molecular weight is 189 g/mol. The Balaban J connectivity index is 2.10. The van der Waals surface area contributed by atoms with Crippen LogP contribution >= 0.6 is 0 Å². The molecule has 1 fully saturated rings. The predicted octanol–water partition coefficient (Wildman–Crippen LogP) is -0.582. The minimum Gasteiger partial charge on any atom is -0.480 e. The first-order valence-electron chi connectivity index (χ1n) is 4.28. The van der Waals surface area contributed by atoms with Gasteiger partial charge in [0.1, 0.15) is 6.61 Å². The minimum absolute atomic E-state index is 0.0121. The van der Waals surface area contributed by atoms with E-state index in [0.717, 1.165) is 13.1 Å². The van der Waals surface area contributed by atoms with Gasteiger partial charge in [-0.05, 0) is 7.05 Å². The molecule has 0 aromatic heterocycles. The zero-order valence-corrected chi connectivity index (χ0v) is 7.73. The van der Waals surface area contributed by atoms with Crippen molar-refractivity contribution in [1.82, 2.24) is 4.90 Å². The second-order valence-corrected chi connectivity index (χ2v) is 3.16. The van der Waals surface area contributed by atoms with Crippen molar-refractivity contribution in [2.45, 2.75) is 6.10 Å². The lowest BCUT2D eigenvalue weighted by Gasteiger charge is -2.29. The van der Waals surface area contributed by atoms with E-state index in [1.165, 1.54) is 0 Å². The summed E-state index contributed by atoms with van der Waals surface area (Å²) in [7, 11) is 2.01. The van der Waals surface area contributed by atoms with Gasteiger partial charge in [-0.15, -0.1) is 0 Å². The molecule has 0 radical (unpaired) electrons. The van der Waals surface area contributed by atoms with Gasteiger partial charge in [0.25, 0.3) is 0 Å². The van der Waals surface area contributed by atoms with Crippen LogP contribution in [0.3, 0.4) is 0 Å². The van der Waals surface area contributed by atoms with E-state index in [0.29, 0.717) is 13.2 Å². The Morgan fingerprint density at radius 2 is 2.54 bits per heavy atom. The van der Waals surface area contributed by atoms with E-state index in [-0.39, 0.29) is 12.7 Å². The molecule has 1 atom stereocenters. The minimum atomic E-state index is -0.941. The Kier molecular flexibility index (Phi) is 4.14. The largest absolute Gasteiger partial charge is 0.480 e. The number of hydrogen-bond acceptors (Lipinski definition) is 4. The topological polar surface area (TPSA) is 59.0 Å². The average Bonchev–Trinajstić information content (AvgIpc) is 2.03. The fraction of sp³-hybridized carbons (Fsp3) is 0.875. The van der Waals surface area contributed by atoms with E-state index in [2.05, 4.69) is 4.90 Å². The Bertz CT molecular complexity index is 174. The molecule has 1 N–H and O–H groups in total. The summed E-state index contributed by atoms with van der Waals surface area (Å²) in [6.07, 6.45) is 0.0121. The fourth-order valence-electron chi connectivity index (χ4n) is 1.25. The molecule has 0 saturated carbocycles. The number of hydrogen-bond donors (Lipinski definition) is 1. The van der Waals surface area contributed by atoms with Gasteiger partial charge >= 0.3 is 5.97 Å². The molecule has 1 aliphatic heterocycles. The molecule has 0 spiro atoms. The molecule has 1 saturated heterocycles. The van der Waals surface area contributed by atoms with E-state index in [9.17, 15) is 4.79 Å². The molecular formula is C8H15NO4. The molecule has 1 rings (SSSR count). The van der Waals surface area contributed by atoms with E-state index in [4.69, 9.17) is 14.6 Å². The quantitative estimate of drug-likeness (QED) is 0.641. The Morgan fingerprint density at radius 3 is 3.15 bits per heavy atom. The van der Waals surface area contributed by atoms with Crippen LogP contribution in [0.25, 0.3) is 0 Å². The molecule has 0 aromatic rings. The van der Waals surface area contributed by atoms with Crippen LogP contribution in [-0.2, 0) is 14.3 Å². The number of ether oxygens (including phenoxy) is 2. The van der Waals surface area contributed by atoms with Crippen molar-refractivity contribution in [2.24, 2.45) is 0 Å². The van der Waals surface area contributed by atoms with Crippen molar-refractivity contribution in [2.75, 3.05) is 40.0 Å². The van der Waals surface area contributed by atoms with Crippen LogP contribution in [0, 0.1) is 0 Å². The maximum atomic E-state index is 10.1. The SMILES string of the molecule is CN1CCOC(COCC(=O)O)C1. The van der Waals surface area contributed by atoms with Gasteiger partial charge in [0, 0.05) is 13.1 Å². The lowest BCUT2D eigenvalue weighted by molar-refractivity contribution is -0.144. The van der Waals surface area contributed by atoms with Crippen molar-refractivity contribution in [3.63, 3.8) is 0 Å². The summed E-state index contributed by atoms with van der Waals surface area (Å²) in [5.74, 6) is -0.941. The van der Waals surface area contributed by atoms with Crippen molar-refractivity contribution in [3.8, 4) is 0 Å². The summed E-state index contributed by atoms with van der Waals surface area (Å²) in [4.78, 5) is 12.3. The van der Waals surface area contributed by atoms with Crippen LogP contribution in [0.1, 0.15) is 0 Å². The van der Waals surface area contributed by atoms with Crippen LogP contribution in [0.2, 0.25) is 0 Å². The molecule has 0 amide bonds. The van der Waals surface area contributed by atoms with Crippen molar-refractivity contribution in [1.29, 1.82) is 0 Å². The number of carboxylic acids is 1. The molecule has 76 valence electrons. The van der Waals surface area contributed by atoms with E-state index in [1.807, 2.05) is 7.05 Å². The Morgan fingerprint density at radius 1 is 1.77 bits per heavy atom. The van der Waals surface area contributed by atoms with Gasteiger partial charge < -0.3 is 19.5 Å². The van der Waals surface area contributed by atoms with Gasteiger partial charge in [-0.3, -0.25) is 0 Å². The number of nitrogens with zero attached hydrogens (tertiary/aromatic N) is 1. The fourth-order valence-corrected chi connectivity index (χ4v) is 1.25. The standard InChI is InChI=1S/C8H15NO4/c1-9-2-3-13-7(4-9)5-12-6-8(10)11/h7H,2-6H2,1H3,(H,10,11). The molecule has 0 aliphatic carbocycles. The number of carboxylic acid groups (broad SMARTS) is 1. The molecule has 0 bridgehead atoms. The summed E-state index contributed by atoms with van der Waals surface area (Å²) in [6.45, 7) is 2.53. The number of carbonyl (C=O) groups is 1. The van der Waals surface area contributed by atoms with Gasteiger partial charge in [-0.25, -0.2) is 4.79 Å². The van der Waals surface area contributed by atoms with Crippen molar-refractivity contribution in [3.05, 3.63) is 0 Å². The summed E-state index contributed by atoms with van der Waals surface area (Å²) < 4.78 is 10.3. The van der Waals surface area contributed by atoms with Gasteiger partial charge in [-0.2, -0.15) is 0 Å². The van der Waals surface area contributed by atoms with E-state index < -0.39 is 5.97 Å². The van der Waals surface area contributed by atoms with Crippen LogP contribution < -0.4 is 0 Å². The normalized spacial score (nSPS) is 24.5. The number of likely N-dealkylation sites (N-methyl/N-ethyl adjacent to an activating group) is 1. The molecule has 1 aliphatic rings. The molecule has 5 nitrogen and oxygen atoms in total. The highest BCUT2D eigenvalue weighted by molar-refractivity contribution is 5.67. The highest BCUT2D eigenvalue weighted by Crippen LogP contribution is 2.02. The molecule has 5 heteroatoms. The molecule has 1 heterocycles. The van der Waals surface area contributed by atoms with Crippen LogP contribution in [0.4, 0.5) is 0 Å². The number of rotatable bonds is 4. The van der Waals surface area contributed by atoms with E-state index in [1.54, 1.807) is 0 Å². The maximum Gasteiger partial charge on any atom is 0.329 e. The lowest BCUT2D eigenvalue weighted by Crippen LogP contribution is -2.42. The zero-order chi connectivity index (χ0) is 9.68. The third kappa shape index (κ3) is 4.21. The second-order valence-electron chi connectivity index (χ2n) is 3.16. The highest BCUT2D eigenvalue weighted by atomic mass is 16.5. The first kappa shape index (κ1) is 10.4. The van der Waals surface area contributed by atoms with E-state index >= 15 is 0 Å². The first-order valence-corrected chi connectivity index (χ1v) is 4.28. The second kappa shape index (κ2) is 5.16. The zero-order valence-electron chi connectivity index (χ0n) is 7.73. The van der Waals surface area contributed by atoms with Crippen LogP contribution in [-0.4, -0.2) is 62.0 Å². The maximum absolute atomic E-state index is 10.1. The van der Waals surface area contributed by atoms with Crippen molar-refractivity contribution < 1.29 is 19.4 Å². The molecular weight excluding hydrogens is 174 g/mol. The summed E-state index contributed by atoms with van der Waals surface area (Å²) in [5.41, 5.74) is 0. The summed E-state index contributed by atoms with van der Waals surface area (Å²) in [5, 5.41) is 8.32. The monoisotopic (exact) mass is 189 g/mol. The first-order chi connectivity index (χ1) is 6.18. The lowest BCUT2D eigenvalue weighted by atomic mass is 10.3. The smallest absolute Gasteiger partial charge is 0.329 e. The van der Waals surface area contributed by atoms with Crippen LogP contribution in [0.15, 0.2) is 0 Å². The molecule has 0 aromatic carbocycles.